The molecule has 0 bridgehead atoms. The van der Waals surface area contributed by atoms with E-state index in [1.54, 1.807) is 41.1 Å². The average molecular weight is 536 g/mol. The van der Waals surface area contributed by atoms with Crippen LogP contribution in [0.1, 0.15) is 36.8 Å². The number of halogens is 3. The Balaban J connectivity index is 1.75. The van der Waals surface area contributed by atoms with Gasteiger partial charge < -0.3 is 5.32 Å². The van der Waals surface area contributed by atoms with Gasteiger partial charge >= 0.3 is 6.03 Å². The topological polar surface area (TPSA) is 114 Å². The fraction of sp³-hybridized carbons (Fsp3) is 0.217. The zero-order chi connectivity index (χ0) is 25.3. The normalized spacial score (nSPS) is 11.3. The molecule has 0 spiro atoms. The monoisotopic (exact) mass is 534 g/mol. The zero-order valence-corrected chi connectivity index (χ0v) is 21.2. The van der Waals surface area contributed by atoms with E-state index in [1.807, 2.05) is 13.8 Å². The number of amides is 2. The Hall–Kier alpha value is -3.11. The van der Waals surface area contributed by atoms with Crippen LogP contribution < -0.4 is 16.4 Å². The number of hydrogen-bond donors (Lipinski definition) is 3. The first kappa shape index (κ1) is 25.0. The van der Waals surface area contributed by atoms with E-state index in [2.05, 4.69) is 30.7 Å². The van der Waals surface area contributed by atoms with E-state index in [-0.39, 0.29) is 5.92 Å². The minimum atomic E-state index is -0.498. The molecule has 0 aromatic heterocycles. The molecule has 35 heavy (non-hydrogen) atoms. The van der Waals surface area contributed by atoms with Gasteiger partial charge in [0.15, 0.2) is 5.82 Å². The summed E-state index contributed by atoms with van der Waals surface area (Å²) >= 11 is 19.0. The van der Waals surface area contributed by atoms with Crippen LogP contribution >= 0.6 is 34.8 Å². The number of nitrogens with zero attached hydrogens (tertiary/aromatic N) is 3. The van der Waals surface area contributed by atoms with Crippen molar-refractivity contribution in [1.82, 2.24) is 25.2 Å². The van der Waals surface area contributed by atoms with Crippen molar-refractivity contribution in [3.63, 3.8) is 0 Å². The number of aromatic nitrogens is 4. The molecule has 2 aliphatic rings. The summed E-state index contributed by atoms with van der Waals surface area (Å²) < 4.78 is 1.60. The van der Waals surface area contributed by atoms with Gasteiger partial charge in [0.2, 0.25) is 0 Å². The summed E-state index contributed by atoms with van der Waals surface area (Å²) in [6.07, 6.45) is 0.292. The summed E-state index contributed by atoms with van der Waals surface area (Å²) in [6.45, 7) is 3.91. The van der Waals surface area contributed by atoms with Gasteiger partial charge in [-0.1, -0.05) is 60.8 Å². The second kappa shape index (κ2) is 10.2. The van der Waals surface area contributed by atoms with Crippen LogP contribution in [0.4, 0.5) is 10.5 Å². The molecule has 4 rings (SSSR count). The maximum absolute atomic E-state index is 13.1. The molecule has 2 aromatic rings. The molecule has 0 atom stereocenters. The number of hydroxylamine groups is 1. The van der Waals surface area contributed by atoms with Gasteiger partial charge in [-0.05, 0) is 35.7 Å². The molecule has 2 aromatic carbocycles. The summed E-state index contributed by atoms with van der Waals surface area (Å²) in [5, 5.41) is 6.84. The first-order valence-corrected chi connectivity index (χ1v) is 11.7. The summed E-state index contributed by atoms with van der Waals surface area (Å²) in [7, 11) is 1.34. The Labute approximate surface area is 215 Å². The van der Waals surface area contributed by atoms with E-state index < -0.39 is 11.6 Å². The van der Waals surface area contributed by atoms with Crippen molar-refractivity contribution in [2.75, 3.05) is 12.4 Å². The second-order valence-corrected chi connectivity index (χ2v) is 9.26. The molecule has 182 valence electrons. The highest BCUT2D eigenvalue weighted by atomic mass is 35.5. The average Bonchev–Trinajstić information content (AvgIpc) is 3.15. The number of H-pyrrole nitrogens is 1. The molecule has 0 fully saturated rings. The highest BCUT2D eigenvalue weighted by Gasteiger charge is 2.27. The molecule has 0 unspecified atom stereocenters. The largest absolute Gasteiger partial charge is 0.343 e. The lowest BCUT2D eigenvalue weighted by molar-refractivity contribution is 0.114. The van der Waals surface area contributed by atoms with Crippen LogP contribution in [0.5, 0.6) is 0 Å². The molecule has 2 heterocycles. The summed E-state index contributed by atoms with van der Waals surface area (Å²) in [6, 6.07) is 9.70. The Morgan fingerprint density at radius 1 is 1.11 bits per heavy atom. The number of carbonyl (C=O) groups excluding carboxylic acids is 1. The molecular weight excluding hydrogens is 515 g/mol. The van der Waals surface area contributed by atoms with Crippen LogP contribution in [0.3, 0.4) is 0 Å². The number of carbonyl (C=O) groups is 1. The van der Waals surface area contributed by atoms with Crippen LogP contribution in [0.25, 0.3) is 17.1 Å². The molecule has 0 saturated carbocycles. The second-order valence-electron chi connectivity index (χ2n) is 8.01. The van der Waals surface area contributed by atoms with Crippen molar-refractivity contribution in [1.29, 1.82) is 0 Å². The molecule has 0 aliphatic carbocycles. The van der Waals surface area contributed by atoms with Crippen molar-refractivity contribution in [3.8, 4) is 17.1 Å². The predicted octanol–water partition coefficient (Wildman–Crippen LogP) is 5.42. The van der Waals surface area contributed by atoms with Gasteiger partial charge in [-0.3, -0.25) is 14.7 Å². The Morgan fingerprint density at radius 3 is 2.37 bits per heavy atom. The third-order valence-corrected chi connectivity index (χ3v) is 5.96. The van der Waals surface area contributed by atoms with E-state index >= 15 is 0 Å². The lowest BCUT2D eigenvalue weighted by atomic mass is 10.1. The summed E-state index contributed by atoms with van der Waals surface area (Å²) in [5.41, 5.74) is 4.66. The van der Waals surface area contributed by atoms with E-state index in [9.17, 15) is 9.59 Å². The number of fused-ring (bicyclic) bond motifs is 1. The van der Waals surface area contributed by atoms with Gasteiger partial charge in [0.25, 0.3) is 5.56 Å². The number of benzene rings is 2. The quantitative estimate of drug-likeness (QED) is 0.285. The van der Waals surface area contributed by atoms with Gasteiger partial charge in [-0.25, -0.2) is 19.9 Å². The summed E-state index contributed by atoms with van der Waals surface area (Å²) in [5.74, 6) is 0.676. The van der Waals surface area contributed by atoms with E-state index in [0.717, 1.165) is 5.56 Å². The van der Waals surface area contributed by atoms with Crippen LogP contribution in [0, 0.1) is 0 Å². The maximum Gasteiger partial charge on any atom is 0.343 e. The van der Waals surface area contributed by atoms with Gasteiger partial charge in [0.05, 0.1) is 22.8 Å². The number of urea groups is 1. The van der Waals surface area contributed by atoms with E-state index in [1.165, 1.54) is 7.11 Å². The number of nitrogens with one attached hydrogen (secondary N) is 3. The number of hydrogen-bond acceptors (Lipinski definition) is 5. The molecule has 9 nitrogen and oxygen atoms in total. The van der Waals surface area contributed by atoms with Crippen LogP contribution in [-0.2, 0) is 11.3 Å². The Bertz CT molecular complexity index is 1390. The zero-order valence-electron chi connectivity index (χ0n) is 18.9. The smallest absolute Gasteiger partial charge is 0.306 e. The molecular formula is C23H21Cl3N6O3. The van der Waals surface area contributed by atoms with Crippen molar-refractivity contribution < 1.29 is 9.63 Å². The predicted molar refractivity (Wildman–Crippen MR) is 136 cm³/mol. The molecule has 0 saturated heterocycles. The number of rotatable bonds is 6. The Kier molecular flexibility index (Phi) is 7.32. The third-order valence-electron chi connectivity index (χ3n) is 5.17. The standard InChI is InChI=1S/C23H21Cl3N6O3/c1-11(2)19-18-21(32(30-19)20-15(25)9-13(24)10-16(20)26)28-17(29-22(18)33)8-12-4-6-14(7-5-12)27-23(34)31-35-3/h4-7,9-11,30H,8H2,1-3H3,(H2,27,31,34). The fourth-order valence-corrected chi connectivity index (χ4v) is 4.63. The molecule has 12 heteroatoms. The molecule has 2 amide bonds. The van der Waals surface area contributed by atoms with E-state index in [0.29, 0.717) is 55.8 Å². The van der Waals surface area contributed by atoms with Gasteiger partial charge in [-0.2, -0.15) is 4.98 Å². The van der Waals surface area contributed by atoms with Crippen molar-refractivity contribution in [2.24, 2.45) is 0 Å². The highest BCUT2D eigenvalue weighted by molar-refractivity contribution is 6.40. The first-order valence-electron chi connectivity index (χ1n) is 10.5. The van der Waals surface area contributed by atoms with E-state index in [4.69, 9.17) is 34.8 Å². The fourth-order valence-electron chi connectivity index (χ4n) is 3.64. The van der Waals surface area contributed by atoms with Crippen molar-refractivity contribution in [2.45, 2.75) is 26.2 Å². The van der Waals surface area contributed by atoms with Crippen molar-refractivity contribution in [3.05, 3.63) is 78.9 Å². The van der Waals surface area contributed by atoms with Crippen LogP contribution in [0.15, 0.2) is 41.2 Å². The number of anilines is 1. The highest BCUT2D eigenvalue weighted by Crippen LogP contribution is 2.36. The molecule has 0 radical (unpaired) electrons. The lowest BCUT2D eigenvalue weighted by Crippen LogP contribution is -2.27. The maximum atomic E-state index is 13.1. The minimum absolute atomic E-state index is 0.0129. The van der Waals surface area contributed by atoms with Crippen LogP contribution in [0.2, 0.25) is 15.1 Å². The minimum Gasteiger partial charge on any atom is -0.306 e. The number of aromatic amines is 1. The van der Waals surface area contributed by atoms with Gasteiger partial charge in [0, 0.05) is 17.1 Å². The first-order chi connectivity index (χ1) is 16.7. The van der Waals surface area contributed by atoms with Gasteiger partial charge in [0.1, 0.15) is 17.1 Å². The van der Waals surface area contributed by atoms with Crippen molar-refractivity contribution >= 4 is 46.5 Å². The van der Waals surface area contributed by atoms with Gasteiger partial charge in [-0.15, -0.1) is 0 Å². The third kappa shape index (κ3) is 5.28. The van der Waals surface area contributed by atoms with Crippen LogP contribution in [-0.4, -0.2) is 32.9 Å². The lowest BCUT2D eigenvalue weighted by Gasteiger charge is -2.12. The Morgan fingerprint density at radius 2 is 1.77 bits per heavy atom. The SMILES string of the molecule is CONC(=O)Nc1ccc(Cc2nc3n(-c4c(Cl)cc(Cl)cc4Cl)[nH]c(C(C)C)c-3c(=O)n2)cc1. The molecule has 2 aliphatic heterocycles. The summed E-state index contributed by atoms with van der Waals surface area (Å²) in [4.78, 5) is 38.1. The molecule has 3 N–H and O–H groups in total.